The van der Waals surface area contributed by atoms with Crippen LogP contribution in [0.25, 0.3) is 34.4 Å². The average molecular weight is 398 g/mol. The number of hydrogen-bond acceptors (Lipinski definition) is 6. The fourth-order valence-corrected chi connectivity index (χ4v) is 3.19. The zero-order valence-electron chi connectivity index (χ0n) is 16.0. The molecular formula is C24H16NO5-. The number of fused-ring (bicyclic) bond motifs is 1. The molecule has 0 aliphatic carbocycles. The van der Waals surface area contributed by atoms with Crippen LogP contribution in [0.15, 0.2) is 71.1 Å². The van der Waals surface area contributed by atoms with Crippen LogP contribution in [0.1, 0.15) is 32.2 Å². The van der Waals surface area contributed by atoms with Gasteiger partial charge in [-0.05, 0) is 42.5 Å². The first-order chi connectivity index (χ1) is 14.6. The minimum Gasteiger partial charge on any atom is -0.545 e. The number of ether oxygens (including phenoxy) is 1. The van der Waals surface area contributed by atoms with Gasteiger partial charge in [-0.15, -0.1) is 0 Å². The van der Waals surface area contributed by atoms with E-state index in [1.165, 1.54) is 13.2 Å². The minimum atomic E-state index is -1.26. The molecule has 0 saturated heterocycles. The van der Waals surface area contributed by atoms with Crippen LogP contribution in [0.4, 0.5) is 0 Å². The molecule has 0 unspecified atom stereocenters. The molecule has 2 aromatic heterocycles. The van der Waals surface area contributed by atoms with Crippen LogP contribution in [0, 0.1) is 0 Å². The number of carbonyl (C=O) groups is 2. The molecule has 0 saturated carbocycles. The zero-order valence-corrected chi connectivity index (χ0v) is 16.0. The summed E-state index contributed by atoms with van der Waals surface area (Å²) in [5.41, 5.74) is 2.12. The van der Waals surface area contributed by atoms with Gasteiger partial charge >= 0.3 is 5.97 Å². The molecule has 4 rings (SSSR count). The van der Waals surface area contributed by atoms with Crippen LogP contribution < -0.4 is 5.11 Å². The van der Waals surface area contributed by atoms with Gasteiger partial charge in [-0.1, -0.05) is 36.4 Å². The molecule has 0 radical (unpaired) electrons. The van der Waals surface area contributed by atoms with Crippen molar-refractivity contribution in [2.75, 3.05) is 7.11 Å². The molecule has 0 spiro atoms. The summed E-state index contributed by atoms with van der Waals surface area (Å²) >= 11 is 0. The highest BCUT2D eigenvalue weighted by Crippen LogP contribution is 2.27. The first kappa shape index (κ1) is 19.1. The summed E-state index contributed by atoms with van der Waals surface area (Å²) in [6, 6.07) is 18.9. The number of carboxylic acids is 1. The van der Waals surface area contributed by atoms with Crippen LogP contribution >= 0.6 is 0 Å². The molecule has 0 atom stereocenters. The number of furan rings is 1. The van der Waals surface area contributed by atoms with Crippen molar-refractivity contribution in [1.29, 1.82) is 0 Å². The Balaban J connectivity index is 1.67. The van der Waals surface area contributed by atoms with Crippen molar-refractivity contribution in [3.8, 4) is 11.3 Å². The van der Waals surface area contributed by atoms with Crippen molar-refractivity contribution < 1.29 is 23.8 Å². The average Bonchev–Trinajstić information content (AvgIpc) is 3.25. The van der Waals surface area contributed by atoms with Gasteiger partial charge in [-0.3, -0.25) is 0 Å². The van der Waals surface area contributed by atoms with Crippen LogP contribution in [0.2, 0.25) is 0 Å². The number of aromatic carboxylic acids is 1. The Hall–Kier alpha value is -4.19. The van der Waals surface area contributed by atoms with Crippen molar-refractivity contribution in [1.82, 2.24) is 4.98 Å². The Morgan fingerprint density at radius 2 is 1.73 bits per heavy atom. The number of pyridine rings is 1. The van der Waals surface area contributed by atoms with Crippen molar-refractivity contribution in [3.05, 3.63) is 89.3 Å². The molecule has 0 N–H and O–H groups in total. The summed E-state index contributed by atoms with van der Waals surface area (Å²) in [4.78, 5) is 27.9. The number of hydrogen-bond donors (Lipinski definition) is 0. The number of methoxy groups -OCH3 is 1. The Labute approximate surface area is 172 Å². The Bertz CT molecular complexity index is 1290. The van der Waals surface area contributed by atoms with Crippen LogP contribution in [-0.2, 0) is 4.74 Å². The molecule has 2 heterocycles. The lowest BCUT2D eigenvalue weighted by Crippen LogP contribution is -2.22. The quantitative estimate of drug-likeness (QED) is 0.475. The predicted octanol–water partition coefficient (Wildman–Crippen LogP) is 3.82. The number of benzene rings is 2. The number of carbonyl (C=O) groups excluding carboxylic acids is 2. The normalized spacial score (nSPS) is 11.1. The standard InChI is InChI=1S/C24H17NO5/c1-29-24(28)19-8-3-2-7-18(19)22-13-12-16(30-22)11-10-15-14-20(23(26)27)17-6-4-5-9-21(17)25-15/h2-14H,1H3,(H,26,27)/p-1/b11-10+. The summed E-state index contributed by atoms with van der Waals surface area (Å²) < 4.78 is 10.7. The van der Waals surface area contributed by atoms with Gasteiger partial charge in [0, 0.05) is 16.5 Å². The molecule has 30 heavy (non-hydrogen) atoms. The van der Waals surface area contributed by atoms with Gasteiger partial charge in [0.2, 0.25) is 0 Å². The number of rotatable bonds is 5. The van der Waals surface area contributed by atoms with Gasteiger partial charge < -0.3 is 19.1 Å². The maximum absolute atomic E-state index is 12.0. The Morgan fingerprint density at radius 3 is 2.53 bits per heavy atom. The lowest BCUT2D eigenvalue weighted by Gasteiger charge is -2.08. The summed E-state index contributed by atoms with van der Waals surface area (Å²) in [6.45, 7) is 0. The van der Waals surface area contributed by atoms with E-state index in [2.05, 4.69) is 4.98 Å². The van der Waals surface area contributed by atoms with Gasteiger partial charge in [0.05, 0.1) is 29.9 Å². The molecule has 0 bridgehead atoms. The Morgan fingerprint density at radius 1 is 0.967 bits per heavy atom. The molecule has 2 aromatic carbocycles. The van der Waals surface area contributed by atoms with Gasteiger partial charge in [-0.25, -0.2) is 9.78 Å². The monoisotopic (exact) mass is 398 g/mol. The fourth-order valence-electron chi connectivity index (χ4n) is 3.19. The van der Waals surface area contributed by atoms with Gasteiger partial charge in [0.15, 0.2) is 0 Å². The van der Waals surface area contributed by atoms with E-state index in [0.29, 0.717) is 39.2 Å². The van der Waals surface area contributed by atoms with Gasteiger partial charge in [0.1, 0.15) is 11.5 Å². The first-order valence-electron chi connectivity index (χ1n) is 9.13. The SMILES string of the molecule is COC(=O)c1ccccc1-c1ccc(/C=C/c2cc(C(=O)[O-])c3ccccc3n2)o1. The summed E-state index contributed by atoms with van der Waals surface area (Å²) in [7, 11) is 1.33. The zero-order chi connectivity index (χ0) is 21.1. The third-order valence-electron chi connectivity index (χ3n) is 4.60. The molecule has 0 aliphatic heterocycles. The van der Waals surface area contributed by atoms with E-state index in [4.69, 9.17) is 9.15 Å². The fraction of sp³-hybridized carbons (Fsp3) is 0.0417. The molecule has 6 heteroatoms. The predicted molar refractivity (Wildman–Crippen MR) is 110 cm³/mol. The largest absolute Gasteiger partial charge is 0.545 e. The second-order valence-electron chi connectivity index (χ2n) is 6.47. The van der Waals surface area contributed by atoms with E-state index in [9.17, 15) is 14.7 Å². The van der Waals surface area contributed by atoms with Gasteiger partial charge in [0.25, 0.3) is 0 Å². The molecule has 4 aromatic rings. The summed E-state index contributed by atoms with van der Waals surface area (Å²) in [5, 5.41) is 12.0. The molecule has 0 aliphatic rings. The van der Waals surface area contributed by atoms with E-state index in [-0.39, 0.29) is 5.56 Å². The minimum absolute atomic E-state index is 0.0763. The van der Waals surface area contributed by atoms with E-state index in [1.54, 1.807) is 72.8 Å². The molecule has 6 nitrogen and oxygen atoms in total. The van der Waals surface area contributed by atoms with Crippen molar-refractivity contribution in [2.24, 2.45) is 0 Å². The molecule has 148 valence electrons. The number of carboxylic acid groups (broad SMARTS) is 1. The van der Waals surface area contributed by atoms with E-state index >= 15 is 0 Å². The smallest absolute Gasteiger partial charge is 0.338 e. The second kappa shape index (κ2) is 8.05. The summed E-state index contributed by atoms with van der Waals surface area (Å²) in [6.07, 6.45) is 3.34. The number of esters is 1. The Kier molecular flexibility index (Phi) is 5.13. The van der Waals surface area contributed by atoms with E-state index < -0.39 is 11.9 Å². The van der Waals surface area contributed by atoms with Crippen LogP contribution in [0.5, 0.6) is 0 Å². The maximum atomic E-state index is 12.0. The molecule has 0 fully saturated rings. The first-order valence-corrected chi connectivity index (χ1v) is 9.13. The van der Waals surface area contributed by atoms with E-state index in [1.807, 2.05) is 0 Å². The molecule has 0 amide bonds. The van der Waals surface area contributed by atoms with E-state index in [0.717, 1.165) is 0 Å². The maximum Gasteiger partial charge on any atom is 0.338 e. The second-order valence-corrected chi connectivity index (χ2v) is 6.47. The highest BCUT2D eigenvalue weighted by molar-refractivity contribution is 6.02. The van der Waals surface area contributed by atoms with Crippen LogP contribution in [-0.4, -0.2) is 24.0 Å². The van der Waals surface area contributed by atoms with Crippen molar-refractivity contribution >= 4 is 35.0 Å². The van der Waals surface area contributed by atoms with Crippen LogP contribution in [0.3, 0.4) is 0 Å². The molecular weight excluding hydrogens is 382 g/mol. The number of aromatic nitrogens is 1. The lowest BCUT2D eigenvalue weighted by atomic mass is 10.1. The lowest BCUT2D eigenvalue weighted by molar-refractivity contribution is -0.254. The van der Waals surface area contributed by atoms with Crippen molar-refractivity contribution in [2.45, 2.75) is 0 Å². The van der Waals surface area contributed by atoms with Crippen molar-refractivity contribution in [3.63, 3.8) is 0 Å². The third kappa shape index (κ3) is 3.71. The number of para-hydroxylation sites is 1. The third-order valence-corrected chi connectivity index (χ3v) is 4.60. The van der Waals surface area contributed by atoms with Gasteiger partial charge in [-0.2, -0.15) is 0 Å². The highest BCUT2D eigenvalue weighted by atomic mass is 16.5. The highest BCUT2D eigenvalue weighted by Gasteiger charge is 2.15. The summed E-state index contributed by atoms with van der Waals surface area (Å²) in [5.74, 6) is -0.676. The topological polar surface area (TPSA) is 92.5 Å². The number of nitrogens with zero attached hydrogens (tertiary/aromatic N) is 1.